The summed E-state index contributed by atoms with van der Waals surface area (Å²) in [4.78, 5) is 25.0. The largest absolute Gasteiger partial charge is 1.00 e. The summed E-state index contributed by atoms with van der Waals surface area (Å²) in [5.41, 5.74) is 3.91. The molecule has 0 unspecified atom stereocenters. The zero-order valence-electron chi connectivity index (χ0n) is 21.8. The number of hydrogen-bond acceptors (Lipinski definition) is 6. The number of aliphatic carboxylic acids is 1. The number of nitrogens with one attached hydrogen (secondary N) is 1. The van der Waals surface area contributed by atoms with Crippen LogP contribution in [0.4, 0.5) is 10.5 Å². The minimum atomic E-state index is -1.02. The Kier molecular flexibility index (Phi) is 9.59. The molecule has 39 heavy (non-hydrogen) atoms. The summed E-state index contributed by atoms with van der Waals surface area (Å²) in [6.45, 7) is 1.82. The molecule has 9 heteroatoms. The fourth-order valence-electron chi connectivity index (χ4n) is 4.54. The van der Waals surface area contributed by atoms with Crippen LogP contribution in [0, 0.1) is 0 Å². The quantitative estimate of drug-likeness (QED) is 0.318. The molecule has 3 aromatic carbocycles. The second-order valence-corrected chi connectivity index (χ2v) is 10.9. The first kappa shape index (κ1) is 29.8. The van der Waals surface area contributed by atoms with Crippen molar-refractivity contribution in [1.29, 1.82) is 0 Å². The van der Waals surface area contributed by atoms with Crippen molar-refractivity contribution in [1.82, 2.24) is 0 Å². The summed E-state index contributed by atoms with van der Waals surface area (Å²) < 4.78 is 11.8. The second kappa shape index (κ2) is 12.6. The Labute approximate surface area is 278 Å². The molecule has 0 aliphatic heterocycles. The number of methoxy groups -OCH3 is 1. The van der Waals surface area contributed by atoms with E-state index in [4.69, 9.17) is 21.1 Å². The Hall–Kier alpha value is -2.17. The fourth-order valence-corrected chi connectivity index (χ4v) is 5.71. The molecule has 194 valence electrons. The van der Waals surface area contributed by atoms with Gasteiger partial charge in [-0.05, 0) is 54.2 Å². The van der Waals surface area contributed by atoms with Gasteiger partial charge in [0.2, 0.25) is 0 Å². The first-order valence-electron chi connectivity index (χ1n) is 12.1. The van der Waals surface area contributed by atoms with Crippen molar-refractivity contribution < 1.29 is 75.6 Å². The van der Waals surface area contributed by atoms with Gasteiger partial charge in [0.05, 0.1) is 28.0 Å². The SMILES string of the molecule is COc1cc(-c2sc(Cl)cc2NC(=O)O[C@H](C)c2ccccc2)ccc1-c1ccc(C2(C(=O)[O-])CC2)cc1.[K+]. The maximum absolute atomic E-state index is 12.7. The summed E-state index contributed by atoms with van der Waals surface area (Å²) in [7, 11) is 1.59. The molecule has 0 radical (unpaired) electrons. The molecule has 1 amide bonds. The van der Waals surface area contributed by atoms with Crippen LogP contribution in [-0.4, -0.2) is 19.2 Å². The predicted octanol–water partition coefficient (Wildman–Crippen LogP) is 3.84. The number of hydrogen-bond donors (Lipinski definition) is 1. The number of amides is 1. The summed E-state index contributed by atoms with van der Waals surface area (Å²) in [5.74, 6) is -0.392. The molecular formula is C30H25ClKNO5S. The van der Waals surface area contributed by atoms with E-state index in [1.165, 1.54) is 11.3 Å². The molecule has 0 saturated heterocycles. The smallest absolute Gasteiger partial charge is 0.549 e. The van der Waals surface area contributed by atoms with Crippen LogP contribution in [0.5, 0.6) is 5.75 Å². The minimum absolute atomic E-state index is 0. The number of rotatable bonds is 8. The Morgan fingerprint density at radius 3 is 2.28 bits per heavy atom. The average molecular weight is 586 g/mol. The van der Waals surface area contributed by atoms with Gasteiger partial charge in [0.25, 0.3) is 0 Å². The first-order valence-corrected chi connectivity index (χ1v) is 13.3. The Morgan fingerprint density at radius 2 is 1.67 bits per heavy atom. The minimum Gasteiger partial charge on any atom is -0.549 e. The van der Waals surface area contributed by atoms with Gasteiger partial charge in [0, 0.05) is 11.0 Å². The van der Waals surface area contributed by atoms with Crippen LogP contribution >= 0.6 is 22.9 Å². The van der Waals surface area contributed by atoms with E-state index >= 15 is 0 Å². The van der Waals surface area contributed by atoms with Crippen LogP contribution in [0.25, 0.3) is 21.6 Å². The Morgan fingerprint density at radius 1 is 1.00 bits per heavy atom. The number of carboxylic acid groups (broad SMARTS) is 1. The number of ether oxygens (including phenoxy) is 2. The summed E-state index contributed by atoms with van der Waals surface area (Å²) in [6.07, 6.45) is 0.211. The van der Waals surface area contributed by atoms with E-state index in [0.29, 0.717) is 28.6 Å². The number of carboxylic acids is 1. The van der Waals surface area contributed by atoms with Crippen molar-refractivity contribution in [2.24, 2.45) is 0 Å². The maximum atomic E-state index is 12.7. The van der Waals surface area contributed by atoms with E-state index < -0.39 is 23.6 Å². The van der Waals surface area contributed by atoms with Crippen molar-refractivity contribution >= 4 is 40.7 Å². The average Bonchev–Trinajstić information content (AvgIpc) is 3.67. The molecular weight excluding hydrogens is 561 g/mol. The molecule has 1 aromatic heterocycles. The van der Waals surface area contributed by atoms with Gasteiger partial charge in [0.1, 0.15) is 11.9 Å². The summed E-state index contributed by atoms with van der Waals surface area (Å²) in [6, 6.07) is 24.4. The van der Waals surface area contributed by atoms with Gasteiger partial charge in [0.15, 0.2) is 0 Å². The van der Waals surface area contributed by atoms with Crippen LogP contribution in [-0.2, 0) is 14.9 Å². The van der Waals surface area contributed by atoms with Crippen molar-refractivity contribution in [3.05, 3.63) is 94.3 Å². The zero-order chi connectivity index (χ0) is 26.9. The van der Waals surface area contributed by atoms with Crippen LogP contribution < -0.4 is 66.5 Å². The van der Waals surface area contributed by atoms with E-state index in [1.807, 2.05) is 79.7 Å². The molecule has 1 aliphatic rings. The molecule has 1 fully saturated rings. The van der Waals surface area contributed by atoms with Crippen molar-refractivity contribution in [3.63, 3.8) is 0 Å². The Balaban J connectivity index is 0.00000353. The molecule has 0 spiro atoms. The summed E-state index contributed by atoms with van der Waals surface area (Å²) in [5, 5.41) is 14.4. The van der Waals surface area contributed by atoms with E-state index in [-0.39, 0.29) is 51.4 Å². The van der Waals surface area contributed by atoms with E-state index in [0.717, 1.165) is 32.7 Å². The third-order valence-electron chi connectivity index (χ3n) is 6.84. The molecule has 1 aliphatic carbocycles. The van der Waals surface area contributed by atoms with Gasteiger partial charge < -0.3 is 19.4 Å². The number of anilines is 1. The molecule has 5 rings (SSSR count). The van der Waals surface area contributed by atoms with Crippen LogP contribution in [0.2, 0.25) is 4.34 Å². The number of halogens is 1. The van der Waals surface area contributed by atoms with Crippen LogP contribution in [0.15, 0.2) is 78.9 Å². The predicted molar refractivity (Wildman–Crippen MR) is 148 cm³/mol. The van der Waals surface area contributed by atoms with Crippen LogP contribution in [0.1, 0.15) is 37.0 Å². The number of carbonyl (C=O) groups excluding carboxylic acids is 2. The summed E-state index contributed by atoms with van der Waals surface area (Å²) >= 11 is 7.67. The topological polar surface area (TPSA) is 87.7 Å². The molecule has 1 saturated carbocycles. The molecule has 1 N–H and O–H groups in total. The standard InChI is InChI=1S/C30H26ClNO5S.K/c1-18(19-6-4-3-5-7-19)37-29(35)32-24-17-26(31)38-27(24)21-10-13-23(25(16-21)36-2)20-8-11-22(12-9-20)30(14-15-30)28(33)34;/h3-13,16-18H,14-15H2,1-2H3,(H,32,35)(H,33,34);/q;+1/p-1/t18-;/m1./s1. The normalized spacial score (nSPS) is 14.0. The van der Waals surface area contributed by atoms with Crippen LogP contribution in [0.3, 0.4) is 0 Å². The van der Waals surface area contributed by atoms with Gasteiger partial charge in [-0.3, -0.25) is 5.32 Å². The molecule has 0 bridgehead atoms. The van der Waals surface area contributed by atoms with Crippen molar-refractivity contribution in [2.75, 3.05) is 12.4 Å². The van der Waals surface area contributed by atoms with E-state index in [1.54, 1.807) is 13.2 Å². The van der Waals surface area contributed by atoms with Crippen molar-refractivity contribution in [3.8, 4) is 27.3 Å². The first-order chi connectivity index (χ1) is 18.3. The monoisotopic (exact) mass is 585 g/mol. The van der Waals surface area contributed by atoms with E-state index in [9.17, 15) is 14.7 Å². The molecule has 4 aromatic rings. The third-order valence-corrected chi connectivity index (χ3v) is 8.16. The number of benzene rings is 3. The third kappa shape index (κ3) is 6.43. The Bertz CT molecular complexity index is 1490. The van der Waals surface area contributed by atoms with E-state index in [2.05, 4.69) is 5.32 Å². The molecule has 1 atom stereocenters. The molecule has 6 nitrogen and oxygen atoms in total. The van der Waals surface area contributed by atoms with Gasteiger partial charge in [-0.1, -0.05) is 78.3 Å². The fraction of sp³-hybridized carbons (Fsp3) is 0.200. The van der Waals surface area contributed by atoms with Gasteiger partial charge in [-0.2, -0.15) is 0 Å². The zero-order valence-corrected chi connectivity index (χ0v) is 26.5. The molecule has 1 heterocycles. The van der Waals surface area contributed by atoms with Gasteiger partial charge in [-0.25, -0.2) is 4.79 Å². The van der Waals surface area contributed by atoms with Gasteiger partial charge in [-0.15, -0.1) is 11.3 Å². The van der Waals surface area contributed by atoms with Crippen molar-refractivity contribution in [2.45, 2.75) is 31.3 Å². The number of thiophene rings is 1. The number of carbonyl (C=O) groups is 2. The van der Waals surface area contributed by atoms with Gasteiger partial charge >= 0.3 is 57.5 Å². The second-order valence-electron chi connectivity index (χ2n) is 9.24. The maximum Gasteiger partial charge on any atom is 1.00 e.